The zero-order valence-electron chi connectivity index (χ0n) is 32.0. The van der Waals surface area contributed by atoms with Crippen LogP contribution in [0.15, 0.2) is 194 Å². The van der Waals surface area contributed by atoms with Crippen LogP contribution < -0.4 is 10.4 Å². The molecule has 57 heavy (non-hydrogen) atoms. The molecule has 0 aromatic heterocycles. The van der Waals surface area contributed by atoms with Gasteiger partial charge < -0.3 is 0 Å². The molecule has 0 radical (unpaired) electrons. The first kappa shape index (κ1) is 32.4. The van der Waals surface area contributed by atoms with Gasteiger partial charge in [0.2, 0.25) is 0 Å². The van der Waals surface area contributed by atoms with Crippen LogP contribution in [0.4, 0.5) is 0 Å². The van der Waals surface area contributed by atoms with E-state index in [1.54, 1.807) is 0 Å². The van der Waals surface area contributed by atoms with Gasteiger partial charge in [0.25, 0.3) is 0 Å². The summed E-state index contributed by atoms with van der Waals surface area (Å²) < 4.78 is 0. The Morgan fingerprint density at radius 3 is 1.51 bits per heavy atom. The first-order valence-corrected chi connectivity index (χ1v) is 23.1. The molecule has 0 fully saturated rings. The van der Waals surface area contributed by atoms with E-state index in [-0.39, 0.29) is 0 Å². The summed E-state index contributed by atoms with van der Waals surface area (Å²) in [6.45, 7) is 5.07. The van der Waals surface area contributed by atoms with Crippen LogP contribution in [0.3, 0.4) is 0 Å². The average molecular weight is 739 g/mol. The number of hydrogen-bond donors (Lipinski definition) is 0. The predicted molar refractivity (Wildman–Crippen MR) is 250 cm³/mol. The predicted octanol–water partition coefficient (Wildman–Crippen LogP) is 14.4. The maximum Gasteiger partial charge on any atom is 0.113 e. The second-order valence-electron chi connectivity index (χ2n) is 16.4. The maximum absolute atomic E-state index is 2.61. The normalized spacial score (nSPS) is 13.2. The SMILES string of the molecule is C[Si]1(C)c2ccccc2-c2cc3c(-c4ccc5ccccc5c4)c4ccc(-c5cc6ccccc6c6ccccc56)cc4c(-c4ccc5ccccc5c4)c3cc21. The van der Waals surface area contributed by atoms with Crippen molar-refractivity contribution in [2.45, 2.75) is 13.1 Å². The highest BCUT2D eigenvalue weighted by Crippen LogP contribution is 2.48. The summed E-state index contributed by atoms with van der Waals surface area (Å²) in [4.78, 5) is 0. The molecule has 11 aromatic rings. The third kappa shape index (κ3) is 4.79. The largest absolute Gasteiger partial charge is 0.113 e. The smallest absolute Gasteiger partial charge is 0.0623 e. The van der Waals surface area contributed by atoms with Crippen molar-refractivity contribution >= 4 is 83.1 Å². The molecule has 1 heterocycles. The maximum atomic E-state index is 2.61. The lowest BCUT2D eigenvalue weighted by Gasteiger charge is -2.23. The monoisotopic (exact) mass is 738 g/mol. The lowest BCUT2D eigenvalue weighted by Crippen LogP contribution is -2.49. The van der Waals surface area contributed by atoms with Gasteiger partial charge in [0.05, 0.1) is 0 Å². The van der Waals surface area contributed by atoms with Crippen molar-refractivity contribution in [1.82, 2.24) is 0 Å². The molecule has 1 aliphatic rings. The third-order valence-electron chi connectivity index (χ3n) is 13.0. The molecule has 0 atom stereocenters. The van der Waals surface area contributed by atoms with Crippen molar-refractivity contribution in [2.75, 3.05) is 0 Å². The molecule has 1 aliphatic heterocycles. The highest BCUT2D eigenvalue weighted by molar-refractivity contribution is 7.04. The van der Waals surface area contributed by atoms with Crippen LogP contribution in [-0.2, 0) is 0 Å². The summed E-state index contributed by atoms with van der Waals surface area (Å²) in [7, 11) is -1.99. The lowest BCUT2D eigenvalue weighted by atomic mass is 9.83. The highest BCUT2D eigenvalue weighted by atomic mass is 28.3. The van der Waals surface area contributed by atoms with E-state index >= 15 is 0 Å². The molecular weight excluding hydrogens is 701 g/mol. The van der Waals surface area contributed by atoms with Gasteiger partial charge >= 0.3 is 0 Å². The topological polar surface area (TPSA) is 0 Å². The van der Waals surface area contributed by atoms with E-state index in [2.05, 4.69) is 207 Å². The van der Waals surface area contributed by atoms with Gasteiger partial charge in [-0.15, -0.1) is 0 Å². The molecule has 0 saturated heterocycles. The van der Waals surface area contributed by atoms with Gasteiger partial charge in [-0.05, 0) is 150 Å². The minimum absolute atomic E-state index is 1.23. The number of hydrogen-bond acceptors (Lipinski definition) is 0. The van der Waals surface area contributed by atoms with Crippen molar-refractivity contribution in [2.24, 2.45) is 0 Å². The minimum atomic E-state index is -1.99. The summed E-state index contributed by atoms with van der Waals surface area (Å²) >= 11 is 0. The Labute approximate surface area is 333 Å². The van der Waals surface area contributed by atoms with E-state index in [9.17, 15) is 0 Å². The molecule has 266 valence electrons. The molecule has 1 heteroatoms. The Kier molecular flexibility index (Phi) is 6.88. The zero-order valence-corrected chi connectivity index (χ0v) is 33.0. The van der Waals surface area contributed by atoms with E-state index in [1.165, 1.54) is 120 Å². The molecule has 0 N–H and O–H groups in total. The molecule has 0 spiro atoms. The first-order valence-electron chi connectivity index (χ1n) is 20.1. The molecule has 0 saturated carbocycles. The van der Waals surface area contributed by atoms with Crippen molar-refractivity contribution in [3.8, 4) is 44.5 Å². The standard InChI is InChI=1S/C56H38Si/c1-57(2)53-22-12-11-21-46(53)49-33-51-52(34-54(49)57)56(42-26-24-36-14-4-6-16-38(36)30-42)50-32-40(48-31-39-17-7-8-18-43(39)44-19-9-10-20-45(44)48)27-28-47(50)55(51)41-25-23-35-13-3-5-15-37(35)29-41/h3-34H,1-2H3. The number of rotatable bonds is 3. The van der Waals surface area contributed by atoms with Crippen molar-refractivity contribution in [3.05, 3.63) is 194 Å². The van der Waals surface area contributed by atoms with Crippen molar-refractivity contribution in [3.63, 3.8) is 0 Å². The van der Waals surface area contributed by atoms with Crippen molar-refractivity contribution < 1.29 is 0 Å². The van der Waals surface area contributed by atoms with Crippen LogP contribution in [-0.4, -0.2) is 8.07 Å². The number of fused-ring (bicyclic) bond motifs is 10. The van der Waals surface area contributed by atoms with Gasteiger partial charge in [0.1, 0.15) is 8.07 Å². The van der Waals surface area contributed by atoms with Gasteiger partial charge in [-0.25, -0.2) is 0 Å². The fourth-order valence-electron chi connectivity index (χ4n) is 10.2. The van der Waals surface area contributed by atoms with Crippen LogP contribution in [0.1, 0.15) is 0 Å². The van der Waals surface area contributed by atoms with Gasteiger partial charge in [0.15, 0.2) is 0 Å². The molecular formula is C56H38Si. The van der Waals surface area contributed by atoms with Crippen LogP contribution in [0.5, 0.6) is 0 Å². The second-order valence-corrected chi connectivity index (χ2v) is 20.8. The Balaban J connectivity index is 1.26. The van der Waals surface area contributed by atoms with Crippen LogP contribution in [0, 0.1) is 0 Å². The van der Waals surface area contributed by atoms with Gasteiger partial charge in [-0.2, -0.15) is 0 Å². The van der Waals surface area contributed by atoms with Crippen LogP contribution in [0.25, 0.3) is 109 Å². The van der Waals surface area contributed by atoms with Gasteiger partial charge in [-0.3, -0.25) is 0 Å². The summed E-state index contributed by atoms with van der Waals surface area (Å²) in [5, 5.41) is 18.4. The summed E-state index contributed by atoms with van der Waals surface area (Å²) in [5.41, 5.74) is 10.4. The third-order valence-corrected chi connectivity index (χ3v) is 16.5. The Hall–Kier alpha value is -6.80. The van der Waals surface area contributed by atoms with E-state index in [4.69, 9.17) is 0 Å². The summed E-state index contributed by atoms with van der Waals surface area (Å²) in [6.07, 6.45) is 0. The van der Waals surface area contributed by atoms with Crippen LogP contribution >= 0.6 is 0 Å². The molecule has 0 amide bonds. The molecule has 0 nitrogen and oxygen atoms in total. The van der Waals surface area contributed by atoms with E-state index < -0.39 is 8.07 Å². The molecule has 11 aromatic carbocycles. The molecule has 12 rings (SSSR count). The fraction of sp³-hybridized carbons (Fsp3) is 0.0357. The molecule has 0 aliphatic carbocycles. The second kappa shape index (κ2) is 12.1. The Morgan fingerprint density at radius 2 is 0.789 bits per heavy atom. The fourth-order valence-corrected chi connectivity index (χ4v) is 13.3. The van der Waals surface area contributed by atoms with Crippen molar-refractivity contribution in [1.29, 1.82) is 0 Å². The molecule has 0 unspecified atom stereocenters. The Bertz CT molecular complexity index is 3500. The number of benzene rings is 11. The van der Waals surface area contributed by atoms with E-state index in [1.807, 2.05) is 0 Å². The summed E-state index contributed by atoms with van der Waals surface area (Å²) in [5.74, 6) is 0. The Morgan fingerprint density at radius 1 is 0.263 bits per heavy atom. The van der Waals surface area contributed by atoms with Crippen LogP contribution in [0.2, 0.25) is 13.1 Å². The first-order chi connectivity index (χ1) is 28.0. The lowest BCUT2D eigenvalue weighted by molar-refractivity contribution is 1.67. The highest BCUT2D eigenvalue weighted by Gasteiger charge is 2.38. The molecule has 0 bridgehead atoms. The van der Waals surface area contributed by atoms with Gasteiger partial charge in [-0.1, -0.05) is 177 Å². The average Bonchev–Trinajstić information content (AvgIpc) is 3.48. The quantitative estimate of drug-likeness (QED) is 0.0962. The van der Waals surface area contributed by atoms with E-state index in [0.717, 1.165) is 0 Å². The summed E-state index contributed by atoms with van der Waals surface area (Å²) in [6, 6.07) is 73.4. The van der Waals surface area contributed by atoms with E-state index in [0.29, 0.717) is 0 Å². The van der Waals surface area contributed by atoms with Gasteiger partial charge in [0, 0.05) is 0 Å². The minimum Gasteiger partial charge on any atom is -0.0623 e. The zero-order chi connectivity index (χ0) is 37.8.